The van der Waals surface area contributed by atoms with Gasteiger partial charge in [-0.15, -0.1) is 0 Å². The van der Waals surface area contributed by atoms with Crippen molar-refractivity contribution in [3.8, 4) is 11.5 Å². The Kier molecular flexibility index (Phi) is 8.57. The lowest BCUT2D eigenvalue weighted by Crippen LogP contribution is -2.68. The molecule has 0 atom stereocenters. The second kappa shape index (κ2) is 15.6. The molecule has 0 saturated heterocycles. The van der Waals surface area contributed by atoms with Gasteiger partial charge >= 0.3 is 0 Å². The zero-order valence-corrected chi connectivity index (χ0v) is 41.2. The highest BCUT2D eigenvalue weighted by atomic mass is 32.2. The lowest BCUT2D eigenvalue weighted by atomic mass is 9.28. The molecular formula is C66H41B2N5OS. The second-order valence-corrected chi connectivity index (χ2v) is 21.1. The Morgan fingerprint density at radius 2 is 0.680 bits per heavy atom. The van der Waals surface area contributed by atoms with Crippen molar-refractivity contribution in [2.24, 2.45) is 0 Å². The first-order valence-electron chi connectivity index (χ1n) is 25.7. The van der Waals surface area contributed by atoms with Crippen LogP contribution in [0.1, 0.15) is 0 Å². The van der Waals surface area contributed by atoms with Crippen LogP contribution in [0.15, 0.2) is 259 Å². The lowest BCUT2D eigenvalue weighted by Gasteiger charge is -2.51. The molecule has 0 radical (unpaired) electrons. The number of fused-ring (bicyclic) bond motifs is 14. The van der Waals surface area contributed by atoms with Gasteiger partial charge in [-0.2, -0.15) is 0 Å². The summed E-state index contributed by atoms with van der Waals surface area (Å²) < 4.78 is 7.15. The number of rotatable bonds is 4. The summed E-state index contributed by atoms with van der Waals surface area (Å²) in [6.07, 6.45) is 0. The SMILES string of the molecule is c1ccc(N2c3ccccc3Oc3cc4c(cc32)N2c3ccccc3B3c5ccccc5N(c5ccccc5)c5cc6c(c2c53)B4c2cc3c(cc2N6c2ccccc2)N(c2ccccc2)c2ccccc2S3)cc1. The molecule has 6 aliphatic rings. The molecule has 0 N–H and O–H groups in total. The van der Waals surface area contributed by atoms with Gasteiger partial charge in [0.1, 0.15) is 0 Å². The summed E-state index contributed by atoms with van der Waals surface area (Å²) in [7, 11) is 0. The summed E-state index contributed by atoms with van der Waals surface area (Å²) in [5.41, 5.74) is 24.7. The van der Waals surface area contributed by atoms with Crippen LogP contribution in [0.3, 0.4) is 0 Å². The van der Waals surface area contributed by atoms with E-state index in [9.17, 15) is 0 Å². The number of anilines is 15. The molecule has 348 valence electrons. The molecule has 0 unspecified atom stereocenters. The summed E-state index contributed by atoms with van der Waals surface area (Å²) >= 11 is 1.87. The van der Waals surface area contributed by atoms with Crippen molar-refractivity contribution in [2.75, 3.05) is 24.5 Å². The summed E-state index contributed by atoms with van der Waals surface area (Å²) in [6.45, 7) is -0.208. The predicted molar refractivity (Wildman–Crippen MR) is 313 cm³/mol. The van der Waals surface area contributed by atoms with Gasteiger partial charge in [0, 0.05) is 72.4 Å². The quantitative estimate of drug-likeness (QED) is 0.162. The minimum Gasteiger partial charge on any atom is -0.453 e. The number of ether oxygens (including phenoxy) is 1. The molecule has 0 aliphatic carbocycles. The van der Waals surface area contributed by atoms with Gasteiger partial charge in [0.25, 0.3) is 13.4 Å². The highest BCUT2D eigenvalue weighted by molar-refractivity contribution is 7.99. The molecule has 0 saturated carbocycles. The van der Waals surface area contributed by atoms with E-state index < -0.39 is 0 Å². The van der Waals surface area contributed by atoms with Crippen molar-refractivity contribution < 1.29 is 4.74 Å². The van der Waals surface area contributed by atoms with E-state index in [2.05, 4.69) is 273 Å². The number of para-hydroxylation sites is 9. The molecule has 0 aromatic heterocycles. The molecule has 75 heavy (non-hydrogen) atoms. The fourth-order valence-electron chi connectivity index (χ4n) is 13.2. The van der Waals surface area contributed by atoms with Crippen LogP contribution in [0.5, 0.6) is 11.5 Å². The van der Waals surface area contributed by atoms with E-state index >= 15 is 0 Å². The first-order chi connectivity index (χ1) is 37.2. The molecule has 0 fully saturated rings. The second-order valence-electron chi connectivity index (χ2n) is 20.0. The van der Waals surface area contributed by atoms with Gasteiger partial charge in [-0.05, 0) is 148 Å². The van der Waals surface area contributed by atoms with Crippen molar-refractivity contribution in [1.29, 1.82) is 0 Å². The van der Waals surface area contributed by atoms with Gasteiger partial charge in [-0.3, -0.25) is 0 Å². The van der Waals surface area contributed by atoms with Gasteiger partial charge < -0.3 is 29.2 Å². The third kappa shape index (κ3) is 5.73. The van der Waals surface area contributed by atoms with Gasteiger partial charge in [0.05, 0.1) is 22.7 Å². The van der Waals surface area contributed by atoms with Crippen LogP contribution in [0.25, 0.3) is 0 Å². The van der Waals surface area contributed by atoms with Crippen LogP contribution in [0.2, 0.25) is 0 Å². The summed E-state index contributed by atoms with van der Waals surface area (Å²) in [4.78, 5) is 15.0. The van der Waals surface area contributed by atoms with Crippen molar-refractivity contribution in [1.82, 2.24) is 0 Å². The number of nitrogens with zero attached hydrogens (tertiary/aromatic N) is 5. The van der Waals surface area contributed by atoms with Crippen molar-refractivity contribution in [2.45, 2.75) is 9.79 Å². The zero-order valence-electron chi connectivity index (χ0n) is 40.4. The number of hydrogen-bond acceptors (Lipinski definition) is 7. The van der Waals surface area contributed by atoms with Gasteiger partial charge in [0.15, 0.2) is 11.5 Å². The van der Waals surface area contributed by atoms with Crippen molar-refractivity contribution >= 4 is 143 Å². The lowest BCUT2D eigenvalue weighted by molar-refractivity contribution is 0.477. The number of benzene rings is 11. The van der Waals surface area contributed by atoms with Crippen molar-refractivity contribution in [3.63, 3.8) is 0 Å². The van der Waals surface area contributed by atoms with Crippen LogP contribution < -0.4 is 62.0 Å². The van der Waals surface area contributed by atoms with Gasteiger partial charge in [0.2, 0.25) is 0 Å². The largest absolute Gasteiger partial charge is 0.453 e. The van der Waals surface area contributed by atoms with E-state index in [-0.39, 0.29) is 13.4 Å². The van der Waals surface area contributed by atoms with Crippen LogP contribution in [-0.4, -0.2) is 13.4 Å². The molecular weight excluding hydrogens is 932 g/mol. The highest BCUT2D eigenvalue weighted by Gasteiger charge is 2.52. The minimum absolute atomic E-state index is 0.0265. The summed E-state index contributed by atoms with van der Waals surface area (Å²) in [5, 5.41) is 0. The first kappa shape index (κ1) is 41.2. The third-order valence-electron chi connectivity index (χ3n) is 16.1. The standard InChI is InChI=1S/C66H41B2N5OS/c1-5-21-42(22-6-1)69-50-31-15-13-29-46(50)67-47-30-14-16-32-51(47)73-55-39-56-61(74-60-35-19-17-33-52(60)70(56)43-23-7-2-8-24-43)37-48(55)68-49-38-63-57(71(44-25-9-3-10-26-44)53-34-18-20-36-62(53)75-63)40-54(49)72(45-27-11-4-12-28-45)59-41-58(69)64(67)66(73)65(59)68/h1-41H. The average Bonchev–Trinajstić information content (AvgIpc) is 3.47. The average molecular weight is 974 g/mol. The molecule has 17 rings (SSSR count). The maximum atomic E-state index is 7.15. The van der Waals surface area contributed by atoms with Crippen LogP contribution in [-0.2, 0) is 0 Å². The topological polar surface area (TPSA) is 25.4 Å². The molecule has 0 bridgehead atoms. The molecule has 11 aromatic rings. The molecule has 0 spiro atoms. The van der Waals surface area contributed by atoms with Crippen LogP contribution in [0, 0.1) is 0 Å². The monoisotopic (exact) mass is 973 g/mol. The summed E-state index contributed by atoms with van der Waals surface area (Å²) in [6, 6.07) is 91.5. The Hall–Kier alpha value is -9.30. The zero-order chi connectivity index (χ0) is 48.9. The smallest absolute Gasteiger partial charge is 0.252 e. The predicted octanol–water partition coefficient (Wildman–Crippen LogP) is 13.9. The van der Waals surface area contributed by atoms with E-state index in [4.69, 9.17) is 4.74 Å². The number of hydrogen-bond donors (Lipinski definition) is 0. The van der Waals surface area contributed by atoms with Crippen LogP contribution in [0.4, 0.5) is 85.3 Å². The fourth-order valence-corrected chi connectivity index (χ4v) is 14.3. The molecule has 6 aliphatic heterocycles. The third-order valence-corrected chi connectivity index (χ3v) is 17.2. The van der Waals surface area contributed by atoms with E-state index in [1.165, 1.54) is 71.0 Å². The molecule has 6 nitrogen and oxygen atoms in total. The normalized spacial score (nSPS) is 14.3. The molecule has 9 heteroatoms. The highest BCUT2D eigenvalue weighted by Crippen LogP contribution is 2.57. The van der Waals surface area contributed by atoms with Crippen LogP contribution >= 0.6 is 11.8 Å². The Bertz CT molecular complexity index is 4180. The van der Waals surface area contributed by atoms with Gasteiger partial charge in [-0.1, -0.05) is 145 Å². The first-order valence-corrected chi connectivity index (χ1v) is 26.6. The molecule has 6 heterocycles. The molecule has 0 amide bonds. The Morgan fingerprint density at radius 1 is 0.267 bits per heavy atom. The van der Waals surface area contributed by atoms with Gasteiger partial charge in [-0.25, -0.2) is 0 Å². The Labute approximate surface area is 440 Å². The minimum atomic E-state index is -0.181. The maximum Gasteiger partial charge on any atom is 0.252 e. The van der Waals surface area contributed by atoms with Crippen molar-refractivity contribution in [3.05, 3.63) is 249 Å². The van der Waals surface area contributed by atoms with E-state index in [0.29, 0.717) is 0 Å². The van der Waals surface area contributed by atoms with E-state index in [1.807, 2.05) is 11.8 Å². The molecule has 11 aromatic carbocycles. The summed E-state index contributed by atoms with van der Waals surface area (Å²) in [5.74, 6) is 1.66. The Balaban J connectivity index is 1.03. The van der Waals surface area contributed by atoms with E-state index in [0.717, 1.165) is 68.4 Å². The fraction of sp³-hybridized carbons (Fsp3) is 0. The maximum absolute atomic E-state index is 7.15. The Morgan fingerprint density at radius 3 is 1.29 bits per heavy atom. The van der Waals surface area contributed by atoms with E-state index in [1.54, 1.807) is 0 Å².